The van der Waals surface area contributed by atoms with Crippen molar-refractivity contribution in [3.05, 3.63) is 60.2 Å². The van der Waals surface area contributed by atoms with Crippen molar-refractivity contribution in [3.63, 3.8) is 0 Å². The van der Waals surface area contributed by atoms with E-state index in [1.165, 1.54) is 56.6 Å². The first-order valence-corrected chi connectivity index (χ1v) is 12.0. The number of ether oxygens (including phenoxy) is 3. The van der Waals surface area contributed by atoms with Gasteiger partial charge in [0.05, 0.1) is 37.5 Å². The zero-order valence-electron chi connectivity index (χ0n) is 18.8. The van der Waals surface area contributed by atoms with Crippen LogP contribution in [0.25, 0.3) is 21.7 Å². The molecule has 1 N–H and O–H groups in total. The summed E-state index contributed by atoms with van der Waals surface area (Å²) in [6.07, 6.45) is -4.43. The standard InChI is InChI=1S/C25H19F3N2O3S2/c1-31-17-11-14(12-18(32-2)22(17)33-3)29-24-30-21-15-9-8-13(25(26,27)28)10-20(15)34-19-7-5-4-6-16(19)23(21)35-24/h4-12H,1-3H3,(H,29,30). The Morgan fingerprint density at radius 3 is 2.20 bits per heavy atom. The molecule has 5 rings (SSSR count). The third-order valence-corrected chi connectivity index (χ3v) is 7.60. The second kappa shape index (κ2) is 9.01. The largest absolute Gasteiger partial charge is 0.493 e. The molecule has 180 valence electrons. The van der Waals surface area contributed by atoms with Crippen LogP contribution in [-0.2, 0) is 6.18 Å². The number of rotatable bonds is 5. The van der Waals surface area contributed by atoms with Crippen LogP contribution in [0, 0.1) is 0 Å². The lowest BCUT2D eigenvalue weighted by molar-refractivity contribution is -0.137. The molecule has 1 aliphatic rings. The predicted octanol–water partition coefficient (Wildman–Crippen LogP) is 7.73. The smallest absolute Gasteiger partial charge is 0.416 e. The van der Waals surface area contributed by atoms with Crippen LogP contribution in [-0.4, -0.2) is 26.3 Å². The van der Waals surface area contributed by atoms with Crippen LogP contribution in [0.5, 0.6) is 17.2 Å². The summed E-state index contributed by atoms with van der Waals surface area (Å²) in [4.78, 5) is 7.05. The van der Waals surface area contributed by atoms with Crippen molar-refractivity contribution in [2.75, 3.05) is 26.6 Å². The van der Waals surface area contributed by atoms with Crippen molar-refractivity contribution in [2.45, 2.75) is 16.0 Å². The third-order valence-electron chi connectivity index (χ3n) is 5.46. The van der Waals surface area contributed by atoms with Crippen LogP contribution < -0.4 is 19.5 Å². The molecule has 2 heterocycles. The molecule has 5 nitrogen and oxygen atoms in total. The summed E-state index contributed by atoms with van der Waals surface area (Å²) < 4.78 is 56.5. The Balaban J connectivity index is 1.63. The molecule has 0 amide bonds. The fourth-order valence-electron chi connectivity index (χ4n) is 3.86. The molecule has 1 aliphatic heterocycles. The van der Waals surface area contributed by atoms with E-state index in [0.717, 1.165) is 21.4 Å². The molecule has 4 aromatic rings. The minimum atomic E-state index is -4.43. The van der Waals surface area contributed by atoms with E-state index in [4.69, 9.17) is 19.2 Å². The molecule has 1 aromatic heterocycles. The molecule has 0 atom stereocenters. The van der Waals surface area contributed by atoms with E-state index < -0.39 is 11.7 Å². The van der Waals surface area contributed by atoms with Gasteiger partial charge < -0.3 is 19.5 Å². The van der Waals surface area contributed by atoms with Gasteiger partial charge in [-0.05, 0) is 18.2 Å². The van der Waals surface area contributed by atoms with E-state index in [2.05, 4.69) is 5.32 Å². The molecular weight excluding hydrogens is 497 g/mol. The van der Waals surface area contributed by atoms with Gasteiger partial charge in [0.15, 0.2) is 16.6 Å². The number of benzene rings is 3. The quantitative estimate of drug-likeness (QED) is 0.258. The van der Waals surface area contributed by atoms with E-state index in [9.17, 15) is 13.2 Å². The summed E-state index contributed by atoms with van der Waals surface area (Å²) in [5, 5.41) is 3.86. The minimum Gasteiger partial charge on any atom is -0.493 e. The van der Waals surface area contributed by atoms with Gasteiger partial charge in [-0.3, -0.25) is 0 Å². The number of nitrogens with one attached hydrogen (secondary N) is 1. The van der Waals surface area contributed by atoms with Crippen molar-refractivity contribution in [2.24, 2.45) is 0 Å². The Kier molecular flexibility index (Phi) is 6.02. The topological polar surface area (TPSA) is 52.6 Å². The van der Waals surface area contributed by atoms with E-state index in [1.807, 2.05) is 24.3 Å². The Bertz CT molecular complexity index is 1390. The maximum absolute atomic E-state index is 13.4. The average Bonchev–Trinajstić information content (AvgIpc) is 3.20. The first-order chi connectivity index (χ1) is 16.8. The van der Waals surface area contributed by atoms with Crippen molar-refractivity contribution in [3.8, 4) is 38.9 Å². The van der Waals surface area contributed by atoms with Crippen molar-refractivity contribution >= 4 is 33.9 Å². The van der Waals surface area contributed by atoms with Gasteiger partial charge in [0.25, 0.3) is 0 Å². The Morgan fingerprint density at radius 2 is 1.54 bits per heavy atom. The molecule has 35 heavy (non-hydrogen) atoms. The maximum atomic E-state index is 13.4. The Labute approximate surface area is 207 Å². The van der Waals surface area contributed by atoms with E-state index in [0.29, 0.717) is 44.2 Å². The van der Waals surface area contributed by atoms with Gasteiger partial charge in [-0.25, -0.2) is 4.98 Å². The molecular formula is C25H19F3N2O3S2. The molecule has 10 heteroatoms. The SMILES string of the molecule is COc1cc(Nc2nc3c(s2)-c2ccccc2Sc2cc(C(F)(F)F)ccc2-3)cc(OC)c1OC. The fraction of sp³-hybridized carbons (Fsp3) is 0.160. The van der Waals surface area contributed by atoms with Gasteiger partial charge in [-0.2, -0.15) is 13.2 Å². The minimum absolute atomic E-state index is 0.468. The van der Waals surface area contributed by atoms with E-state index in [1.54, 1.807) is 12.1 Å². The molecule has 3 aromatic carbocycles. The molecule has 0 fully saturated rings. The summed E-state index contributed by atoms with van der Waals surface area (Å²) in [7, 11) is 4.60. The molecule has 0 radical (unpaired) electrons. The van der Waals surface area contributed by atoms with Crippen LogP contribution in [0.2, 0.25) is 0 Å². The molecule has 0 saturated heterocycles. The second-order valence-electron chi connectivity index (χ2n) is 7.54. The van der Waals surface area contributed by atoms with Gasteiger partial charge in [0, 0.05) is 38.7 Å². The van der Waals surface area contributed by atoms with E-state index >= 15 is 0 Å². The number of hydrogen-bond donors (Lipinski definition) is 1. The number of anilines is 2. The predicted molar refractivity (Wildman–Crippen MR) is 131 cm³/mol. The zero-order chi connectivity index (χ0) is 24.7. The number of aromatic nitrogens is 1. The van der Waals surface area contributed by atoms with Crippen LogP contribution in [0.1, 0.15) is 5.56 Å². The van der Waals surface area contributed by atoms with Crippen molar-refractivity contribution < 1.29 is 27.4 Å². The highest BCUT2D eigenvalue weighted by Crippen LogP contribution is 2.52. The highest BCUT2D eigenvalue weighted by molar-refractivity contribution is 7.99. The number of alkyl halides is 3. The Hall–Kier alpha value is -3.37. The molecule has 0 spiro atoms. The first kappa shape index (κ1) is 23.4. The third kappa shape index (κ3) is 4.28. The maximum Gasteiger partial charge on any atom is 0.416 e. The number of fused-ring (bicyclic) bond motifs is 5. The number of nitrogens with zero attached hydrogens (tertiary/aromatic N) is 1. The lowest BCUT2D eigenvalue weighted by Gasteiger charge is -2.14. The summed E-state index contributed by atoms with van der Waals surface area (Å²) >= 11 is 2.74. The van der Waals surface area contributed by atoms with Crippen molar-refractivity contribution in [1.82, 2.24) is 4.98 Å². The van der Waals surface area contributed by atoms with Crippen LogP contribution in [0.15, 0.2) is 64.4 Å². The van der Waals surface area contributed by atoms with Gasteiger partial charge in [0.1, 0.15) is 0 Å². The molecule has 0 saturated carbocycles. The number of halogens is 3. The summed E-state index contributed by atoms with van der Waals surface area (Å²) in [6, 6.07) is 15.0. The Morgan fingerprint density at radius 1 is 0.829 bits per heavy atom. The second-order valence-corrected chi connectivity index (χ2v) is 9.63. The highest BCUT2D eigenvalue weighted by Gasteiger charge is 2.33. The van der Waals surface area contributed by atoms with E-state index in [-0.39, 0.29) is 0 Å². The van der Waals surface area contributed by atoms with Crippen molar-refractivity contribution in [1.29, 1.82) is 0 Å². The molecule has 0 unspecified atom stereocenters. The van der Waals surface area contributed by atoms with Gasteiger partial charge >= 0.3 is 6.18 Å². The molecule has 0 bridgehead atoms. The number of methoxy groups -OCH3 is 3. The normalized spacial score (nSPS) is 12.2. The van der Waals surface area contributed by atoms with Crippen LogP contribution >= 0.6 is 23.1 Å². The number of hydrogen-bond acceptors (Lipinski definition) is 7. The molecule has 0 aliphatic carbocycles. The van der Waals surface area contributed by atoms with Gasteiger partial charge in [0.2, 0.25) is 5.75 Å². The zero-order valence-corrected chi connectivity index (χ0v) is 20.5. The van der Waals surface area contributed by atoms with Gasteiger partial charge in [-0.15, -0.1) is 0 Å². The fourth-order valence-corrected chi connectivity index (χ4v) is 6.08. The van der Waals surface area contributed by atoms with Gasteiger partial charge in [-0.1, -0.05) is 47.4 Å². The lowest BCUT2D eigenvalue weighted by atomic mass is 10.0. The summed E-state index contributed by atoms with van der Waals surface area (Å²) in [5.74, 6) is 1.44. The monoisotopic (exact) mass is 516 g/mol. The van der Waals surface area contributed by atoms with Crippen LogP contribution in [0.3, 0.4) is 0 Å². The average molecular weight is 517 g/mol. The lowest BCUT2D eigenvalue weighted by Crippen LogP contribution is -2.05. The highest BCUT2D eigenvalue weighted by atomic mass is 32.2. The van der Waals surface area contributed by atoms with Crippen LogP contribution in [0.4, 0.5) is 24.0 Å². The summed E-state index contributed by atoms with van der Waals surface area (Å²) in [5.41, 5.74) is 2.19. The first-order valence-electron chi connectivity index (χ1n) is 10.4. The number of thiazole rings is 1. The summed E-state index contributed by atoms with van der Waals surface area (Å²) in [6.45, 7) is 0.